The number of benzene rings is 1. The number of anilines is 1. The van der Waals surface area contributed by atoms with Crippen LogP contribution in [0.25, 0.3) is 6.08 Å². The van der Waals surface area contributed by atoms with Gasteiger partial charge < -0.3 is 4.90 Å². The van der Waals surface area contributed by atoms with E-state index in [-0.39, 0.29) is 6.03 Å². The van der Waals surface area contributed by atoms with Gasteiger partial charge in [0, 0.05) is 37.7 Å². The fraction of sp³-hybridized carbons (Fsp3) is 0.222. The van der Waals surface area contributed by atoms with Gasteiger partial charge in [-0.1, -0.05) is 42.0 Å². The number of rotatable bonds is 4. The van der Waals surface area contributed by atoms with Crippen LogP contribution in [0, 0.1) is 6.92 Å². The molecule has 4 heteroatoms. The molecule has 0 spiro atoms. The Morgan fingerprint density at radius 3 is 2.77 bits per heavy atom. The SMILES string of the molecule is Cc1cccc(/C=C/CN2CCN(c3ccncc3)C2=O)c1. The molecule has 1 aliphatic heterocycles. The van der Waals surface area contributed by atoms with Gasteiger partial charge >= 0.3 is 6.03 Å². The summed E-state index contributed by atoms with van der Waals surface area (Å²) < 4.78 is 0. The number of nitrogens with zero attached hydrogens (tertiary/aromatic N) is 3. The van der Waals surface area contributed by atoms with Gasteiger partial charge in [0.05, 0.1) is 0 Å². The minimum atomic E-state index is 0.0556. The average molecular weight is 293 g/mol. The summed E-state index contributed by atoms with van der Waals surface area (Å²) in [5.74, 6) is 0. The van der Waals surface area contributed by atoms with Crippen molar-refractivity contribution >= 4 is 17.8 Å². The van der Waals surface area contributed by atoms with Gasteiger partial charge in [-0.05, 0) is 24.6 Å². The predicted molar refractivity (Wildman–Crippen MR) is 88.8 cm³/mol. The van der Waals surface area contributed by atoms with Crippen molar-refractivity contribution in [1.82, 2.24) is 9.88 Å². The Morgan fingerprint density at radius 1 is 1.18 bits per heavy atom. The van der Waals surface area contributed by atoms with Crippen LogP contribution in [0.15, 0.2) is 54.9 Å². The van der Waals surface area contributed by atoms with Crippen molar-refractivity contribution in [3.05, 3.63) is 66.0 Å². The van der Waals surface area contributed by atoms with Crippen LogP contribution in [0.3, 0.4) is 0 Å². The minimum absolute atomic E-state index is 0.0556. The predicted octanol–water partition coefficient (Wildman–Crippen LogP) is 3.35. The molecule has 22 heavy (non-hydrogen) atoms. The lowest BCUT2D eigenvalue weighted by Gasteiger charge is -2.17. The summed E-state index contributed by atoms with van der Waals surface area (Å²) in [7, 11) is 0. The van der Waals surface area contributed by atoms with Crippen LogP contribution in [0.5, 0.6) is 0 Å². The Balaban J connectivity index is 1.61. The summed E-state index contributed by atoms with van der Waals surface area (Å²) in [5, 5.41) is 0. The summed E-state index contributed by atoms with van der Waals surface area (Å²) in [6.07, 6.45) is 7.53. The van der Waals surface area contributed by atoms with Crippen LogP contribution in [-0.2, 0) is 0 Å². The lowest BCUT2D eigenvalue weighted by molar-refractivity contribution is 0.225. The minimum Gasteiger partial charge on any atom is -0.319 e. The molecule has 4 nitrogen and oxygen atoms in total. The number of carbonyl (C=O) groups is 1. The zero-order valence-electron chi connectivity index (χ0n) is 12.6. The van der Waals surface area contributed by atoms with Gasteiger partial charge in [-0.2, -0.15) is 0 Å². The fourth-order valence-electron chi connectivity index (χ4n) is 2.61. The highest BCUT2D eigenvalue weighted by Gasteiger charge is 2.28. The van der Waals surface area contributed by atoms with Gasteiger partial charge in [0.15, 0.2) is 0 Å². The highest BCUT2D eigenvalue weighted by Crippen LogP contribution is 2.19. The molecule has 0 saturated carbocycles. The molecule has 112 valence electrons. The Morgan fingerprint density at radius 2 is 2.00 bits per heavy atom. The van der Waals surface area contributed by atoms with E-state index in [1.807, 2.05) is 29.2 Å². The van der Waals surface area contributed by atoms with Crippen molar-refractivity contribution in [2.45, 2.75) is 6.92 Å². The van der Waals surface area contributed by atoms with Gasteiger partial charge in [-0.15, -0.1) is 0 Å². The molecule has 0 aliphatic carbocycles. The second-order valence-corrected chi connectivity index (χ2v) is 5.40. The van der Waals surface area contributed by atoms with Gasteiger partial charge in [0.25, 0.3) is 0 Å². The Kier molecular flexibility index (Phi) is 4.19. The molecule has 1 fully saturated rings. The van der Waals surface area contributed by atoms with E-state index in [0.717, 1.165) is 24.3 Å². The van der Waals surface area contributed by atoms with Crippen LogP contribution in [0.1, 0.15) is 11.1 Å². The van der Waals surface area contributed by atoms with E-state index in [0.29, 0.717) is 6.54 Å². The normalized spacial score (nSPS) is 15.0. The number of amides is 2. The van der Waals surface area contributed by atoms with Gasteiger partial charge in [-0.25, -0.2) is 4.79 Å². The van der Waals surface area contributed by atoms with E-state index in [1.165, 1.54) is 5.56 Å². The number of aromatic nitrogens is 1. The maximum Gasteiger partial charge on any atom is 0.324 e. The fourth-order valence-corrected chi connectivity index (χ4v) is 2.61. The number of carbonyl (C=O) groups excluding carboxylic acids is 1. The lowest BCUT2D eigenvalue weighted by Crippen LogP contribution is -2.31. The van der Waals surface area contributed by atoms with Crippen molar-refractivity contribution < 1.29 is 4.79 Å². The van der Waals surface area contributed by atoms with Gasteiger partial charge in [0.2, 0.25) is 0 Å². The highest BCUT2D eigenvalue weighted by molar-refractivity contribution is 5.94. The summed E-state index contributed by atoms with van der Waals surface area (Å²) in [6.45, 7) is 4.18. The number of urea groups is 1. The molecule has 0 unspecified atom stereocenters. The summed E-state index contributed by atoms with van der Waals surface area (Å²) in [5.41, 5.74) is 3.31. The van der Waals surface area contributed by atoms with E-state index in [9.17, 15) is 4.79 Å². The molecule has 2 amide bonds. The van der Waals surface area contributed by atoms with E-state index in [1.54, 1.807) is 17.3 Å². The quantitative estimate of drug-likeness (QED) is 0.867. The third-order valence-corrected chi connectivity index (χ3v) is 3.75. The summed E-state index contributed by atoms with van der Waals surface area (Å²) in [6, 6.07) is 12.1. The Bertz CT molecular complexity index is 682. The van der Waals surface area contributed by atoms with Crippen LogP contribution < -0.4 is 4.90 Å². The largest absolute Gasteiger partial charge is 0.324 e. The van der Waals surface area contributed by atoms with E-state index < -0.39 is 0 Å². The maximum atomic E-state index is 12.4. The number of aryl methyl sites for hydroxylation is 1. The molecule has 0 N–H and O–H groups in total. The van der Waals surface area contributed by atoms with Crippen LogP contribution in [-0.4, -0.2) is 35.5 Å². The Labute approximate surface area is 130 Å². The van der Waals surface area contributed by atoms with Gasteiger partial charge in [0.1, 0.15) is 0 Å². The summed E-state index contributed by atoms with van der Waals surface area (Å²) >= 11 is 0. The zero-order valence-corrected chi connectivity index (χ0v) is 12.6. The number of pyridine rings is 1. The lowest BCUT2D eigenvalue weighted by atomic mass is 10.1. The van der Waals surface area contributed by atoms with E-state index in [4.69, 9.17) is 0 Å². The van der Waals surface area contributed by atoms with E-state index in [2.05, 4.69) is 36.2 Å². The zero-order chi connectivity index (χ0) is 15.4. The molecule has 1 saturated heterocycles. The standard InChI is InChI=1S/C18H19N3O/c1-15-4-2-5-16(14-15)6-3-11-20-12-13-21(18(20)22)17-7-9-19-10-8-17/h2-10,14H,11-13H2,1H3/b6-3+. The van der Waals surface area contributed by atoms with Crippen LogP contribution in [0.2, 0.25) is 0 Å². The molecule has 1 aromatic heterocycles. The van der Waals surface area contributed by atoms with Crippen molar-refractivity contribution in [2.75, 3.05) is 24.5 Å². The number of hydrogen-bond donors (Lipinski definition) is 0. The first-order chi connectivity index (χ1) is 10.7. The smallest absolute Gasteiger partial charge is 0.319 e. The molecule has 2 heterocycles. The second-order valence-electron chi connectivity index (χ2n) is 5.40. The van der Waals surface area contributed by atoms with Crippen LogP contribution >= 0.6 is 0 Å². The molecular formula is C18H19N3O. The molecule has 1 aliphatic rings. The molecular weight excluding hydrogens is 274 g/mol. The first-order valence-electron chi connectivity index (χ1n) is 7.44. The molecule has 3 rings (SSSR count). The van der Waals surface area contributed by atoms with Crippen molar-refractivity contribution in [2.24, 2.45) is 0 Å². The summed E-state index contributed by atoms with van der Waals surface area (Å²) in [4.78, 5) is 20.0. The topological polar surface area (TPSA) is 36.4 Å². The van der Waals surface area contributed by atoms with Crippen LogP contribution in [0.4, 0.5) is 10.5 Å². The number of hydrogen-bond acceptors (Lipinski definition) is 2. The highest BCUT2D eigenvalue weighted by atomic mass is 16.2. The molecule has 0 atom stereocenters. The van der Waals surface area contributed by atoms with Crippen molar-refractivity contribution in [1.29, 1.82) is 0 Å². The molecule has 2 aromatic rings. The van der Waals surface area contributed by atoms with Crippen molar-refractivity contribution in [3.8, 4) is 0 Å². The Hall–Kier alpha value is -2.62. The average Bonchev–Trinajstić information content (AvgIpc) is 2.89. The maximum absolute atomic E-state index is 12.4. The first-order valence-corrected chi connectivity index (χ1v) is 7.44. The first kappa shape index (κ1) is 14.3. The molecule has 0 bridgehead atoms. The third kappa shape index (κ3) is 3.17. The second kappa shape index (κ2) is 6.43. The monoisotopic (exact) mass is 293 g/mol. The third-order valence-electron chi connectivity index (χ3n) is 3.75. The van der Waals surface area contributed by atoms with Crippen molar-refractivity contribution in [3.63, 3.8) is 0 Å². The molecule has 1 aromatic carbocycles. The van der Waals surface area contributed by atoms with Gasteiger partial charge in [-0.3, -0.25) is 9.88 Å². The molecule has 0 radical (unpaired) electrons. The van der Waals surface area contributed by atoms with E-state index >= 15 is 0 Å².